The maximum absolute atomic E-state index is 13.0. The number of ether oxygens (including phenoxy) is 2. The van der Waals surface area contributed by atoms with Crippen LogP contribution in [-0.4, -0.2) is 24.2 Å². The number of fused-ring (bicyclic) bond motifs is 2. The second kappa shape index (κ2) is 7.69. The van der Waals surface area contributed by atoms with Crippen molar-refractivity contribution in [2.75, 3.05) is 13.2 Å². The van der Waals surface area contributed by atoms with Crippen molar-refractivity contribution in [3.8, 4) is 17.1 Å². The molecule has 4 heteroatoms. The molecule has 0 amide bonds. The van der Waals surface area contributed by atoms with Gasteiger partial charge in [0.2, 0.25) is 5.88 Å². The smallest absolute Gasteiger partial charge is 0.340 e. The maximum atomic E-state index is 13.0. The molecule has 28 heavy (non-hydrogen) atoms. The molecule has 0 aliphatic heterocycles. The molecule has 0 spiro atoms. The van der Waals surface area contributed by atoms with E-state index in [1.807, 2.05) is 73.7 Å². The highest BCUT2D eigenvalue weighted by atomic mass is 16.5. The molecular formula is C24H21NO3. The Labute approximate surface area is 163 Å². The van der Waals surface area contributed by atoms with E-state index in [1.54, 1.807) is 6.92 Å². The summed E-state index contributed by atoms with van der Waals surface area (Å²) in [5.41, 5.74) is 1.89. The highest BCUT2D eigenvalue weighted by molar-refractivity contribution is 6.13. The highest BCUT2D eigenvalue weighted by Gasteiger charge is 2.23. The van der Waals surface area contributed by atoms with Gasteiger partial charge < -0.3 is 9.47 Å². The van der Waals surface area contributed by atoms with E-state index < -0.39 is 0 Å². The fraction of sp³-hybridized carbons (Fsp3) is 0.167. The van der Waals surface area contributed by atoms with E-state index in [9.17, 15) is 4.79 Å². The molecule has 0 saturated heterocycles. The van der Waals surface area contributed by atoms with Crippen LogP contribution in [0.4, 0.5) is 0 Å². The van der Waals surface area contributed by atoms with Crippen LogP contribution >= 0.6 is 0 Å². The minimum absolute atomic E-state index is 0.301. The predicted molar refractivity (Wildman–Crippen MR) is 112 cm³/mol. The molecule has 4 rings (SSSR count). The number of nitrogens with zero attached hydrogens (tertiary/aromatic N) is 1. The van der Waals surface area contributed by atoms with Gasteiger partial charge >= 0.3 is 5.97 Å². The SMILES string of the molecule is CCOC(=O)c1c(-c2ccccc2)nc(OCC)c2cc3ccccc3cc12. The number of hydrogen-bond acceptors (Lipinski definition) is 4. The van der Waals surface area contributed by atoms with Gasteiger partial charge in [-0.15, -0.1) is 0 Å². The van der Waals surface area contributed by atoms with Gasteiger partial charge in [0.15, 0.2) is 0 Å². The van der Waals surface area contributed by atoms with Gasteiger partial charge in [-0.3, -0.25) is 0 Å². The molecule has 3 aromatic carbocycles. The van der Waals surface area contributed by atoms with Crippen molar-refractivity contribution in [3.05, 3.63) is 72.3 Å². The van der Waals surface area contributed by atoms with Gasteiger partial charge in [-0.2, -0.15) is 0 Å². The third kappa shape index (κ3) is 3.18. The summed E-state index contributed by atoms with van der Waals surface area (Å²) in [6.07, 6.45) is 0. The van der Waals surface area contributed by atoms with E-state index in [4.69, 9.17) is 14.5 Å². The second-order valence-corrected chi connectivity index (χ2v) is 6.41. The Balaban J connectivity index is 2.13. The minimum Gasteiger partial charge on any atom is -0.478 e. The highest BCUT2D eigenvalue weighted by Crippen LogP contribution is 2.37. The van der Waals surface area contributed by atoms with Gasteiger partial charge in [0.1, 0.15) is 0 Å². The van der Waals surface area contributed by atoms with E-state index >= 15 is 0 Å². The number of benzene rings is 3. The average Bonchev–Trinajstić information content (AvgIpc) is 2.73. The molecule has 0 bridgehead atoms. The van der Waals surface area contributed by atoms with Crippen LogP contribution in [0.5, 0.6) is 5.88 Å². The number of rotatable bonds is 5. The van der Waals surface area contributed by atoms with Gasteiger partial charge in [-0.1, -0.05) is 54.6 Å². The molecular weight excluding hydrogens is 350 g/mol. The third-order valence-corrected chi connectivity index (χ3v) is 4.64. The molecule has 0 aliphatic rings. The van der Waals surface area contributed by atoms with E-state index in [1.165, 1.54) is 0 Å². The Morgan fingerprint density at radius 1 is 0.857 bits per heavy atom. The van der Waals surface area contributed by atoms with Crippen LogP contribution in [0.3, 0.4) is 0 Å². The van der Waals surface area contributed by atoms with Gasteiger partial charge in [0.05, 0.1) is 24.5 Å². The van der Waals surface area contributed by atoms with Crippen LogP contribution in [0.15, 0.2) is 66.7 Å². The zero-order valence-electron chi connectivity index (χ0n) is 15.9. The van der Waals surface area contributed by atoms with Crippen LogP contribution in [0.2, 0.25) is 0 Å². The van der Waals surface area contributed by atoms with Gasteiger partial charge in [0.25, 0.3) is 0 Å². The Morgan fingerprint density at radius 3 is 2.14 bits per heavy atom. The maximum Gasteiger partial charge on any atom is 0.340 e. The molecule has 1 aromatic heterocycles. The largest absolute Gasteiger partial charge is 0.478 e. The first-order chi connectivity index (χ1) is 13.7. The first-order valence-electron chi connectivity index (χ1n) is 9.44. The molecule has 4 aromatic rings. The lowest BCUT2D eigenvalue weighted by Crippen LogP contribution is -2.10. The zero-order valence-corrected chi connectivity index (χ0v) is 15.9. The standard InChI is InChI=1S/C24H21NO3/c1-3-27-23-20-15-18-13-9-8-12-17(18)14-19(20)21(24(26)28-4-2)22(25-23)16-10-6-5-7-11-16/h5-15H,3-4H2,1-2H3. The number of carbonyl (C=O) groups is 1. The molecule has 0 radical (unpaired) electrons. The number of esters is 1. The third-order valence-electron chi connectivity index (χ3n) is 4.64. The summed E-state index contributed by atoms with van der Waals surface area (Å²) in [5, 5.41) is 3.71. The summed E-state index contributed by atoms with van der Waals surface area (Å²) < 4.78 is 11.3. The number of aromatic nitrogens is 1. The normalized spacial score (nSPS) is 10.9. The average molecular weight is 371 g/mol. The molecule has 0 unspecified atom stereocenters. The molecule has 0 saturated carbocycles. The van der Waals surface area contributed by atoms with Crippen molar-refractivity contribution >= 4 is 27.5 Å². The lowest BCUT2D eigenvalue weighted by Gasteiger charge is -2.16. The van der Waals surface area contributed by atoms with Crippen LogP contribution in [0, 0.1) is 0 Å². The number of hydrogen-bond donors (Lipinski definition) is 0. The van der Waals surface area contributed by atoms with Crippen LogP contribution < -0.4 is 4.74 Å². The van der Waals surface area contributed by atoms with Crippen molar-refractivity contribution in [2.24, 2.45) is 0 Å². The topological polar surface area (TPSA) is 48.4 Å². The van der Waals surface area contributed by atoms with Crippen LogP contribution in [0.1, 0.15) is 24.2 Å². The number of pyridine rings is 1. The van der Waals surface area contributed by atoms with Gasteiger partial charge in [0, 0.05) is 16.3 Å². The van der Waals surface area contributed by atoms with Crippen LogP contribution in [-0.2, 0) is 4.74 Å². The Hall–Kier alpha value is -3.40. The lowest BCUT2D eigenvalue weighted by molar-refractivity contribution is 0.0529. The predicted octanol–water partition coefficient (Wildman–Crippen LogP) is 5.63. The molecule has 0 fully saturated rings. The Kier molecular flexibility index (Phi) is 4.94. The lowest BCUT2D eigenvalue weighted by atomic mass is 9.96. The molecule has 0 atom stereocenters. The van der Waals surface area contributed by atoms with Gasteiger partial charge in [-0.25, -0.2) is 9.78 Å². The van der Waals surface area contributed by atoms with Crippen molar-refractivity contribution in [3.63, 3.8) is 0 Å². The molecule has 0 aliphatic carbocycles. The zero-order chi connectivity index (χ0) is 19.5. The van der Waals surface area contributed by atoms with Crippen molar-refractivity contribution in [1.29, 1.82) is 0 Å². The van der Waals surface area contributed by atoms with E-state index in [0.717, 1.165) is 27.1 Å². The van der Waals surface area contributed by atoms with E-state index in [0.29, 0.717) is 30.4 Å². The fourth-order valence-electron chi connectivity index (χ4n) is 3.43. The second-order valence-electron chi connectivity index (χ2n) is 6.41. The summed E-state index contributed by atoms with van der Waals surface area (Å²) >= 11 is 0. The monoisotopic (exact) mass is 371 g/mol. The van der Waals surface area contributed by atoms with Crippen LogP contribution in [0.25, 0.3) is 32.8 Å². The summed E-state index contributed by atoms with van der Waals surface area (Å²) in [6.45, 7) is 4.52. The quantitative estimate of drug-likeness (QED) is 0.337. The summed E-state index contributed by atoms with van der Waals surface area (Å²) in [6, 6.07) is 21.8. The summed E-state index contributed by atoms with van der Waals surface area (Å²) in [4.78, 5) is 17.7. The molecule has 140 valence electrons. The molecule has 4 nitrogen and oxygen atoms in total. The van der Waals surface area contributed by atoms with Crippen molar-refractivity contribution < 1.29 is 14.3 Å². The van der Waals surface area contributed by atoms with Crippen molar-refractivity contribution in [2.45, 2.75) is 13.8 Å². The Bertz CT molecular complexity index is 1150. The fourth-order valence-corrected chi connectivity index (χ4v) is 3.43. The van der Waals surface area contributed by atoms with E-state index in [2.05, 4.69) is 0 Å². The summed E-state index contributed by atoms with van der Waals surface area (Å²) in [5.74, 6) is 0.146. The first-order valence-corrected chi connectivity index (χ1v) is 9.44. The van der Waals surface area contributed by atoms with Crippen molar-refractivity contribution in [1.82, 2.24) is 4.98 Å². The van der Waals surface area contributed by atoms with E-state index in [-0.39, 0.29) is 5.97 Å². The first kappa shape index (κ1) is 18.0. The van der Waals surface area contributed by atoms with Gasteiger partial charge in [-0.05, 0) is 36.8 Å². The molecule has 1 heterocycles. The molecule has 0 N–H and O–H groups in total. The minimum atomic E-state index is -0.378. The number of carbonyl (C=O) groups excluding carboxylic acids is 1. The Morgan fingerprint density at radius 2 is 1.50 bits per heavy atom. The summed E-state index contributed by atoms with van der Waals surface area (Å²) in [7, 11) is 0.